The number of tetrazole rings is 1. The molecule has 0 fully saturated rings. The van der Waals surface area contributed by atoms with Gasteiger partial charge in [0, 0.05) is 26.2 Å². The van der Waals surface area contributed by atoms with Crippen LogP contribution in [0.4, 0.5) is 0 Å². The van der Waals surface area contributed by atoms with E-state index in [0.29, 0.717) is 25.9 Å². The van der Waals surface area contributed by atoms with Crippen molar-refractivity contribution in [1.29, 1.82) is 0 Å². The zero-order chi connectivity index (χ0) is 15.4. The van der Waals surface area contributed by atoms with Gasteiger partial charge in [-0.1, -0.05) is 6.07 Å². The van der Waals surface area contributed by atoms with E-state index in [1.807, 2.05) is 35.8 Å². The van der Waals surface area contributed by atoms with Crippen molar-refractivity contribution in [2.24, 2.45) is 0 Å². The Kier molecular flexibility index (Phi) is 4.08. The molecule has 0 saturated heterocycles. The Morgan fingerprint density at radius 2 is 2.27 bits per heavy atom. The van der Waals surface area contributed by atoms with Gasteiger partial charge in [-0.05, 0) is 29.0 Å². The van der Waals surface area contributed by atoms with Crippen molar-refractivity contribution >= 4 is 11.6 Å². The highest BCUT2D eigenvalue weighted by atomic mass is 16.2. The molecule has 0 N–H and O–H groups in total. The van der Waals surface area contributed by atoms with Crippen LogP contribution >= 0.6 is 0 Å². The monoisotopic (exact) mass is 299 g/mol. The molecule has 3 aromatic heterocycles. The van der Waals surface area contributed by atoms with E-state index >= 15 is 0 Å². The Morgan fingerprint density at radius 1 is 1.36 bits per heavy atom. The van der Waals surface area contributed by atoms with Crippen LogP contribution in [0.3, 0.4) is 0 Å². The van der Waals surface area contributed by atoms with Crippen LogP contribution in [0, 0.1) is 0 Å². The molecule has 0 aromatic carbocycles. The van der Waals surface area contributed by atoms with Gasteiger partial charge in [-0.2, -0.15) is 0 Å². The van der Waals surface area contributed by atoms with Gasteiger partial charge in [-0.25, -0.2) is 9.67 Å². The van der Waals surface area contributed by atoms with Gasteiger partial charge in [0.1, 0.15) is 12.0 Å². The van der Waals surface area contributed by atoms with Crippen molar-refractivity contribution in [3.63, 3.8) is 0 Å². The zero-order valence-electron chi connectivity index (χ0n) is 12.3. The van der Waals surface area contributed by atoms with Crippen LogP contribution in [0.25, 0.3) is 5.65 Å². The van der Waals surface area contributed by atoms with Gasteiger partial charge < -0.3 is 9.30 Å². The minimum atomic E-state index is 0.0963. The van der Waals surface area contributed by atoms with Gasteiger partial charge in [-0.3, -0.25) is 4.79 Å². The average Bonchev–Trinajstić information content (AvgIpc) is 3.17. The van der Waals surface area contributed by atoms with Gasteiger partial charge in [-0.15, -0.1) is 5.10 Å². The van der Waals surface area contributed by atoms with Crippen molar-refractivity contribution in [2.75, 3.05) is 7.05 Å². The first kappa shape index (κ1) is 14.2. The number of carbonyl (C=O) groups excluding carboxylic acids is 1. The van der Waals surface area contributed by atoms with E-state index < -0.39 is 0 Å². The largest absolute Gasteiger partial charge is 0.340 e. The van der Waals surface area contributed by atoms with Crippen molar-refractivity contribution < 1.29 is 4.79 Å². The van der Waals surface area contributed by atoms with Gasteiger partial charge in [0.15, 0.2) is 0 Å². The molecule has 0 bridgehead atoms. The van der Waals surface area contributed by atoms with Crippen molar-refractivity contribution in [2.45, 2.75) is 25.9 Å². The SMILES string of the molecule is CN(Cc1cnc2ccccn12)C(=O)CCCn1cnnn1. The summed E-state index contributed by atoms with van der Waals surface area (Å²) in [5.74, 6) is 0.0963. The Balaban J connectivity index is 1.54. The molecular weight excluding hydrogens is 282 g/mol. The predicted octanol–water partition coefficient (Wildman–Crippen LogP) is 0.760. The number of imidazole rings is 1. The van der Waals surface area contributed by atoms with Gasteiger partial charge in [0.25, 0.3) is 0 Å². The molecule has 0 saturated carbocycles. The fourth-order valence-corrected chi connectivity index (χ4v) is 2.30. The van der Waals surface area contributed by atoms with E-state index in [4.69, 9.17) is 0 Å². The highest BCUT2D eigenvalue weighted by molar-refractivity contribution is 5.75. The van der Waals surface area contributed by atoms with E-state index in [0.717, 1.165) is 11.3 Å². The number of rotatable bonds is 6. The summed E-state index contributed by atoms with van der Waals surface area (Å²) in [6.45, 7) is 1.18. The van der Waals surface area contributed by atoms with Crippen LogP contribution in [0.15, 0.2) is 36.9 Å². The molecule has 0 atom stereocenters. The fourth-order valence-electron chi connectivity index (χ4n) is 2.30. The molecule has 8 nitrogen and oxygen atoms in total. The second-order valence-electron chi connectivity index (χ2n) is 5.10. The molecule has 1 amide bonds. The lowest BCUT2D eigenvalue weighted by molar-refractivity contribution is -0.130. The fraction of sp³-hybridized carbons (Fsp3) is 0.357. The second kappa shape index (κ2) is 6.33. The predicted molar refractivity (Wildman–Crippen MR) is 78.7 cm³/mol. The molecule has 0 spiro atoms. The van der Waals surface area contributed by atoms with E-state index in [1.165, 1.54) is 0 Å². The van der Waals surface area contributed by atoms with Crippen molar-refractivity contribution in [3.8, 4) is 0 Å². The van der Waals surface area contributed by atoms with Crippen LogP contribution in [0.5, 0.6) is 0 Å². The van der Waals surface area contributed by atoms with E-state index in [9.17, 15) is 4.79 Å². The average molecular weight is 299 g/mol. The first-order valence-corrected chi connectivity index (χ1v) is 7.10. The molecule has 3 heterocycles. The molecule has 3 aromatic rings. The normalized spacial score (nSPS) is 11.0. The van der Waals surface area contributed by atoms with Crippen LogP contribution in [-0.4, -0.2) is 47.4 Å². The summed E-state index contributed by atoms with van der Waals surface area (Å²) in [4.78, 5) is 18.2. The Hall–Kier alpha value is -2.77. The number of carbonyl (C=O) groups is 1. The van der Waals surface area contributed by atoms with Gasteiger partial charge >= 0.3 is 0 Å². The third kappa shape index (κ3) is 3.11. The summed E-state index contributed by atoms with van der Waals surface area (Å²) in [7, 11) is 1.81. The minimum Gasteiger partial charge on any atom is -0.340 e. The summed E-state index contributed by atoms with van der Waals surface area (Å²) in [5, 5.41) is 10.9. The lowest BCUT2D eigenvalue weighted by Gasteiger charge is -2.16. The summed E-state index contributed by atoms with van der Waals surface area (Å²) >= 11 is 0. The third-order valence-corrected chi connectivity index (χ3v) is 3.49. The number of hydrogen-bond acceptors (Lipinski definition) is 5. The topological polar surface area (TPSA) is 81.2 Å². The highest BCUT2D eigenvalue weighted by Gasteiger charge is 2.11. The lowest BCUT2D eigenvalue weighted by atomic mass is 10.2. The molecule has 0 radical (unpaired) electrons. The highest BCUT2D eigenvalue weighted by Crippen LogP contribution is 2.09. The standard InChI is InChI=1S/C14H17N7O/c1-19(14(22)6-4-7-20-11-16-17-18-20)10-12-9-15-13-5-2-3-8-21(12)13/h2-3,5,8-9,11H,4,6-7,10H2,1H3. The van der Waals surface area contributed by atoms with Crippen LogP contribution in [-0.2, 0) is 17.9 Å². The molecular formula is C14H17N7O. The maximum atomic E-state index is 12.2. The molecule has 3 rings (SSSR count). The molecule has 114 valence electrons. The smallest absolute Gasteiger partial charge is 0.222 e. The Bertz CT molecular complexity index is 749. The number of nitrogens with zero attached hydrogens (tertiary/aromatic N) is 7. The summed E-state index contributed by atoms with van der Waals surface area (Å²) in [5.41, 5.74) is 1.88. The lowest BCUT2D eigenvalue weighted by Crippen LogP contribution is -2.26. The Morgan fingerprint density at radius 3 is 3.09 bits per heavy atom. The molecule has 0 aliphatic carbocycles. The Labute approximate surface area is 127 Å². The maximum absolute atomic E-state index is 12.2. The first-order chi connectivity index (χ1) is 10.7. The minimum absolute atomic E-state index is 0.0963. The van der Waals surface area contributed by atoms with Crippen LogP contribution < -0.4 is 0 Å². The number of pyridine rings is 1. The van der Waals surface area contributed by atoms with Crippen LogP contribution in [0.2, 0.25) is 0 Å². The summed E-state index contributed by atoms with van der Waals surface area (Å²) in [6.07, 6.45) is 6.48. The van der Waals surface area contributed by atoms with Gasteiger partial charge in [0.2, 0.25) is 5.91 Å². The number of aryl methyl sites for hydroxylation is 1. The summed E-state index contributed by atoms with van der Waals surface area (Å²) in [6, 6.07) is 5.84. The number of hydrogen-bond donors (Lipinski definition) is 0. The zero-order valence-corrected chi connectivity index (χ0v) is 12.3. The van der Waals surface area contributed by atoms with Crippen LogP contribution in [0.1, 0.15) is 18.5 Å². The number of aromatic nitrogens is 6. The van der Waals surface area contributed by atoms with E-state index in [1.54, 1.807) is 22.1 Å². The molecule has 8 heteroatoms. The number of fused-ring (bicyclic) bond motifs is 1. The first-order valence-electron chi connectivity index (χ1n) is 7.10. The van der Waals surface area contributed by atoms with E-state index in [-0.39, 0.29) is 5.91 Å². The molecule has 22 heavy (non-hydrogen) atoms. The third-order valence-electron chi connectivity index (χ3n) is 3.49. The quantitative estimate of drug-likeness (QED) is 0.671. The molecule has 0 aliphatic rings. The van der Waals surface area contributed by atoms with Gasteiger partial charge in [0.05, 0.1) is 18.4 Å². The number of amides is 1. The molecule has 0 unspecified atom stereocenters. The van der Waals surface area contributed by atoms with Crippen molar-refractivity contribution in [3.05, 3.63) is 42.6 Å². The molecule has 0 aliphatic heterocycles. The van der Waals surface area contributed by atoms with Crippen molar-refractivity contribution in [1.82, 2.24) is 34.5 Å². The second-order valence-corrected chi connectivity index (χ2v) is 5.10. The summed E-state index contributed by atoms with van der Waals surface area (Å²) < 4.78 is 3.61. The maximum Gasteiger partial charge on any atom is 0.222 e. The van der Waals surface area contributed by atoms with E-state index in [2.05, 4.69) is 20.5 Å².